The number of thioether (sulfide) groups is 1. The minimum absolute atomic E-state index is 0.0733. The zero-order valence-corrected chi connectivity index (χ0v) is 8.10. The standard InChI is InChI=1S/C9H12NOS/c1-10(2)7-12-9-5-3-8(11)4-6-9/h3-6H,7H2,1-2H3. The van der Waals surface area contributed by atoms with E-state index >= 15 is 0 Å². The first-order valence-electron chi connectivity index (χ1n) is 3.73. The predicted octanol–water partition coefficient (Wildman–Crippen LogP) is 2.44. The van der Waals surface area contributed by atoms with E-state index in [1.54, 1.807) is 23.9 Å². The summed E-state index contributed by atoms with van der Waals surface area (Å²) in [6.45, 7) is 0. The van der Waals surface area contributed by atoms with E-state index in [2.05, 4.69) is 4.90 Å². The van der Waals surface area contributed by atoms with Gasteiger partial charge in [-0.3, -0.25) is 10.0 Å². The van der Waals surface area contributed by atoms with Crippen molar-refractivity contribution in [1.29, 1.82) is 0 Å². The van der Waals surface area contributed by atoms with Gasteiger partial charge in [-0.05, 0) is 38.4 Å². The largest absolute Gasteiger partial charge is 0.300 e. The third-order valence-electron chi connectivity index (χ3n) is 1.31. The van der Waals surface area contributed by atoms with Gasteiger partial charge in [-0.25, -0.2) is 0 Å². The molecule has 0 saturated carbocycles. The zero-order chi connectivity index (χ0) is 8.97. The molecule has 2 nitrogen and oxygen atoms in total. The molecule has 0 aromatic heterocycles. The Kier molecular flexibility index (Phi) is 3.44. The lowest BCUT2D eigenvalue weighted by atomic mass is 10.3. The molecule has 0 unspecified atom stereocenters. The summed E-state index contributed by atoms with van der Waals surface area (Å²) in [7, 11) is 4.05. The SMILES string of the molecule is CN(C)CSc1ccc([O])cc1. The Morgan fingerprint density at radius 1 is 1.25 bits per heavy atom. The summed E-state index contributed by atoms with van der Waals surface area (Å²) >= 11 is 1.72. The molecule has 0 N–H and O–H groups in total. The Bertz CT molecular complexity index is 233. The number of benzene rings is 1. The molecule has 0 atom stereocenters. The first kappa shape index (κ1) is 9.42. The van der Waals surface area contributed by atoms with Gasteiger partial charge in [0.2, 0.25) is 0 Å². The van der Waals surface area contributed by atoms with Crippen molar-refractivity contribution < 1.29 is 5.11 Å². The van der Waals surface area contributed by atoms with Crippen LogP contribution >= 0.6 is 11.8 Å². The fraction of sp³-hybridized carbons (Fsp3) is 0.333. The highest BCUT2D eigenvalue weighted by molar-refractivity contribution is 7.99. The summed E-state index contributed by atoms with van der Waals surface area (Å²) in [6, 6.07) is 6.91. The Labute approximate surface area is 77.2 Å². The highest BCUT2D eigenvalue weighted by Crippen LogP contribution is 2.20. The smallest absolute Gasteiger partial charge is 0.178 e. The van der Waals surface area contributed by atoms with E-state index in [0.29, 0.717) is 0 Å². The fourth-order valence-corrected chi connectivity index (χ4v) is 1.48. The van der Waals surface area contributed by atoms with Crippen LogP contribution in [0.1, 0.15) is 0 Å². The fourth-order valence-electron chi connectivity index (χ4n) is 0.740. The van der Waals surface area contributed by atoms with E-state index in [4.69, 9.17) is 0 Å². The van der Waals surface area contributed by atoms with Crippen LogP contribution in [-0.2, 0) is 5.11 Å². The first-order valence-corrected chi connectivity index (χ1v) is 4.71. The maximum Gasteiger partial charge on any atom is 0.178 e. The second-order valence-electron chi connectivity index (χ2n) is 2.82. The second kappa shape index (κ2) is 4.38. The number of hydrogen-bond acceptors (Lipinski definition) is 2. The Balaban J connectivity index is 2.48. The quantitative estimate of drug-likeness (QED) is 0.529. The van der Waals surface area contributed by atoms with Gasteiger partial charge in [0.25, 0.3) is 0 Å². The van der Waals surface area contributed by atoms with Gasteiger partial charge in [0.15, 0.2) is 5.75 Å². The van der Waals surface area contributed by atoms with Crippen LogP contribution in [0, 0.1) is 0 Å². The summed E-state index contributed by atoms with van der Waals surface area (Å²) in [4.78, 5) is 3.23. The van der Waals surface area contributed by atoms with Crippen molar-refractivity contribution in [3.63, 3.8) is 0 Å². The molecule has 0 aliphatic heterocycles. The molecule has 1 rings (SSSR count). The van der Waals surface area contributed by atoms with Crippen LogP contribution in [0.5, 0.6) is 5.75 Å². The van der Waals surface area contributed by atoms with Crippen molar-refractivity contribution in [3.8, 4) is 5.75 Å². The molecule has 0 spiro atoms. The van der Waals surface area contributed by atoms with E-state index in [0.717, 1.165) is 10.8 Å². The molecule has 1 aromatic rings. The molecule has 3 heteroatoms. The van der Waals surface area contributed by atoms with Gasteiger partial charge in [-0.1, -0.05) is 0 Å². The summed E-state index contributed by atoms with van der Waals surface area (Å²) in [5.41, 5.74) is 0. The molecule has 12 heavy (non-hydrogen) atoms. The monoisotopic (exact) mass is 182 g/mol. The van der Waals surface area contributed by atoms with Crippen LogP contribution < -0.4 is 0 Å². The minimum atomic E-state index is 0.0733. The second-order valence-corrected chi connectivity index (χ2v) is 3.84. The van der Waals surface area contributed by atoms with Gasteiger partial charge < -0.3 is 0 Å². The van der Waals surface area contributed by atoms with E-state index in [9.17, 15) is 5.11 Å². The van der Waals surface area contributed by atoms with Crippen molar-refractivity contribution in [1.82, 2.24) is 4.90 Å². The summed E-state index contributed by atoms with van der Waals surface area (Å²) in [5.74, 6) is 1.02. The van der Waals surface area contributed by atoms with Crippen molar-refractivity contribution >= 4 is 11.8 Å². The predicted molar refractivity (Wildman–Crippen MR) is 51.0 cm³/mol. The first-order chi connectivity index (χ1) is 5.68. The number of hydrogen-bond donors (Lipinski definition) is 0. The third-order valence-corrected chi connectivity index (χ3v) is 2.56. The molecular weight excluding hydrogens is 170 g/mol. The van der Waals surface area contributed by atoms with Crippen LogP contribution in [0.3, 0.4) is 0 Å². The lowest BCUT2D eigenvalue weighted by Gasteiger charge is -2.07. The Morgan fingerprint density at radius 2 is 1.83 bits per heavy atom. The molecule has 0 aliphatic carbocycles. The molecule has 0 fully saturated rings. The van der Waals surface area contributed by atoms with E-state index in [1.807, 2.05) is 26.2 Å². The highest BCUT2D eigenvalue weighted by Gasteiger charge is 1.95. The average molecular weight is 182 g/mol. The Morgan fingerprint density at radius 3 is 2.33 bits per heavy atom. The highest BCUT2D eigenvalue weighted by atomic mass is 32.2. The van der Waals surface area contributed by atoms with Crippen LogP contribution in [0.25, 0.3) is 0 Å². The van der Waals surface area contributed by atoms with Gasteiger partial charge in [-0.2, -0.15) is 0 Å². The van der Waals surface area contributed by atoms with E-state index in [1.165, 1.54) is 0 Å². The molecule has 0 saturated heterocycles. The van der Waals surface area contributed by atoms with Gasteiger partial charge >= 0.3 is 0 Å². The van der Waals surface area contributed by atoms with Crippen LogP contribution in [0.2, 0.25) is 0 Å². The molecule has 1 radical (unpaired) electrons. The average Bonchev–Trinajstić information content (AvgIpc) is 2.03. The Hall–Kier alpha value is -0.670. The topological polar surface area (TPSA) is 23.1 Å². The van der Waals surface area contributed by atoms with E-state index < -0.39 is 0 Å². The van der Waals surface area contributed by atoms with Crippen LogP contribution in [0.15, 0.2) is 29.2 Å². The van der Waals surface area contributed by atoms with Crippen LogP contribution in [-0.4, -0.2) is 24.9 Å². The normalized spacial score (nSPS) is 10.6. The zero-order valence-electron chi connectivity index (χ0n) is 7.28. The third kappa shape index (κ3) is 3.15. The molecule has 1 aromatic carbocycles. The molecule has 0 amide bonds. The molecule has 0 bridgehead atoms. The van der Waals surface area contributed by atoms with Crippen molar-refractivity contribution in [2.75, 3.05) is 20.0 Å². The minimum Gasteiger partial charge on any atom is -0.300 e. The van der Waals surface area contributed by atoms with Gasteiger partial charge in [-0.15, -0.1) is 11.8 Å². The maximum atomic E-state index is 10.7. The number of nitrogens with zero attached hydrogens (tertiary/aromatic N) is 1. The molecule has 65 valence electrons. The summed E-state index contributed by atoms with van der Waals surface area (Å²) in [5, 5.41) is 10.7. The summed E-state index contributed by atoms with van der Waals surface area (Å²) in [6.07, 6.45) is 0. The lowest BCUT2D eigenvalue weighted by molar-refractivity contribution is 0.354. The molecule has 0 aliphatic rings. The van der Waals surface area contributed by atoms with Crippen molar-refractivity contribution in [3.05, 3.63) is 24.3 Å². The number of rotatable bonds is 3. The van der Waals surface area contributed by atoms with Gasteiger partial charge in [0, 0.05) is 10.8 Å². The van der Waals surface area contributed by atoms with Crippen LogP contribution in [0.4, 0.5) is 0 Å². The molecule has 0 heterocycles. The van der Waals surface area contributed by atoms with Crippen molar-refractivity contribution in [2.45, 2.75) is 4.90 Å². The summed E-state index contributed by atoms with van der Waals surface area (Å²) < 4.78 is 0. The lowest BCUT2D eigenvalue weighted by Crippen LogP contribution is -2.09. The molecular formula is C9H12NOS. The van der Waals surface area contributed by atoms with Gasteiger partial charge in [0.1, 0.15) is 0 Å². The van der Waals surface area contributed by atoms with Crippen molar-refractivity contribution in [2.24, 2.45) is 0 Å². The van der Waals surface area contributed by atoms with Gasteiger partial charge in [0.05, 0.1) is 0 Å². The maximum absolute atomic E-state index is 10.7. The van der Waals surface area contributed by atoms with E-state index in [-0.39, 0.29) is 5.75 Å².